The first kappa shape index (κ1) is 15.0. The second-order valence-electron chi connectivity index (χ2n) is 6.76. The smallest absolute Gasteiger partial charge is 0.254 e. The first-order valence-electron chi connectivity index (χ1n) is 7.47. The number of rotatable bonds is 3. The van der Waals surface area contributed by atoms with Gasteiger partial charge in [0.2, 0.25) is 0 Å². The summed E-state index contributed by atoms with van der Waals surface area (Å²) in [6, 6.07) is 8.03. The van der Waals surface area contributed by atoms with Gasteiger partial charge in [0.25, 0.3) is 5.91 Å². The number of carbonyl (C=O) groups excluding carboxylic acids is 1. The monoisotopic (exact) mass is 274 g/mol. The molecule has 110 valence electrons. The summed E-state index contributed by atoms with van der Waals surface area (Å²) < 4.78 is 0. The van der Waals surface area contributed by atoms with E-state index in [0.717, 1.165) is 37.2 Å². The van der Waals surface area contributed by atoms with Crippen molar-refractivity contribution in [2.24, 2.45) is 5.92 Å². The van der Waals surface area contributed by atoms with E-state index < -0.39 is 0 Å². The molecule has 1 saturated heterocycles. The van der Waals surface area contributed by atoms with Crippen molar-refractivity contribution in [2.75, 3.05) is 26.7 Å². The molecule has 1 fully saturated rings. The summed E-state index contributed by atoms with van der Waals surface area (Å²) in [4.78, 5) is 14.8. The molecular formula is C17H26N2O. The van der Waals surface area contributed by atoms with Crippen molar-refractivity contribution in [3.05, 3.63) is 35.4 Å². The van der Waals surface area contributed by atoms with Crippen LogP contribution in [0.15, 0.2) is 24.3 Å². The fourth-order valence-electron chi connectivity index (χ4n) is 2.97. The van der Waals surface area contributed by atoms with Gasteiger partial charge in [0.15, 0.2) is 0 Å². The van der Waals surface area contributed by atoms with E-state index in [4.69, 9.17) is 0 Å². The highest BCUT2D eigenvalue weighted by molar-refractivity contribution is 5.96. The Morgan fingerprint density at radius 3 is 2.70 bits per heavy atom. The van der Waals surface area contributed by atoms with Crippen LogP contribution in [0.1, 0.15) is 43.1 Å². The van der Waals surface area contributed by atoms with Crippen molar-refractivity contribution in [1.29, 1.82) is 0 Å². The fourth-order valence-corrected chi connectivity index (χ4v) is 2.97. The van der Waals surface area contributed by atoms with Crippen LogP contribution in [0.3, 0.4) is 0 Å². The fraction of sp³-hybridized carbons (Fsp3) is 0.588. The second kappa shape index (κ2) is 5.96. The Morgan fingerprint density at radius 1 is 1.35 bits per heavy atom. The Kier molecular flexibility index (Phi) is 4.48. The molecule has 0 radical (unpaired) electrons. The molecule has 1 aliphatic heterocycles. The van der Waals surface area contributed by atoms with Gasteiger partial charge in [0.1, 0.15) is 0 Å². The molecular weight excluding hydrogens is 248 g/mol. The number of nitrogens with zero attached hydrogens (tertiary/aromatic N) is 1. The van der Waals surface area contributed by atoms with E-state index in [0.29, 0.717) is 5.92 Å². The SMILES string of the molecule is CNCC1CCN(C(=O)c2ccccc2C(C)(C)C)C1. The van der Waals surface area contributed by atoms with Crippen LogP contribution in [-0.2, 0) is 5.41 Å². The highest BCUT2D eigenvalue weighted by atomic mass is 16.2. The van der Waals surface area contributed by atoms with Crippen LogP contribution < -0.4 is 5.32 Å². The van der Waals surface area contributed by atoms with Crippen LogP contribution in [0.4, 0.5) is 0 Å². The van der Waals surface area contributed by atoms with Gasteiger partial charge in [-0.25, -0.2) is 0 Å². The lowest BCUT2D eigenvalue weighted by Crippen LogP contribution is -2.32. The number of carbonyl (C=O) groups is 1. The molecule has 0 bridgehead atoms. The molecule has 1 unspecified atom stereocenters. The van der Waals surface area contributed by atoms with Crippen molar-refractivity contribution in [3.63, 3.8) is 0 Å². The van der Waals surface area contributed by atoms with Crippen molar-refractivity contribution in [3.8, 4) is 0 Å². The lowest BCUT2D eigenvalue weighted by atomic mass is 9.83. The quantitative estimate of drug-likeness (QED) is 0.919. The van der Waals surface area contributed by atoms with Gasteiger partial charge in [0, 0.05) is 18.7 Å². The Balaban J connectivity index is 2.19. The van der Waals surface area contributed by atoms with Crippen molar-refractivity contribution in [1.82, 2.24) is 10.2 Å². The van der Waals surface area contributed by atoms with E-state index >= 15 is 0 Å². The van der Waals surface area contributed by atoms with E-state index in [1.54, 1.807) is 0 Å². The number of amides is 1. The molecule has 1 amide bonds. The summed E-state index contributed by atoms with van der Waals surface area (Å²) in [6.07, 6.45) is 1.10. The molecule has 1 heterocycles. The van der Waals surface area contributed by atoms with Crippen LogP contribution in [0, 0.1) is 5.92 Å². The van der Waals surface area contributed by atoms with Crippen molar-refractivity contribution >= 4 is 5.91 Å². The molecule has 2 rings (SSSR count). The number of hydrogen-bond acceptors (Lipinski definition) is 2. The van der Waals surface area contributed by atoms with E-state index in [9.17, 15) is 4.79 Å². The molecule has 20 heavy (non-hydrogen) atoms. The van der Waals surface area contributed by atoms with E-state index in [2.05, 4.69) is 32.2 Å². The van der Waals surface area contributed by atoms with Crippen LogP contribution in [-0.4, -0.2) is 37.5 Å². The zero-order valence-corrected chi connectivity index (χ0v) is 13.1. The third-order valence-corrected chi connectivity index (χ3v) is 4.03. The standard InChI is InChI=1S/C17H26N2O/c1-17(2,3)15-8-6-5-7-14(15)16(20)19-10-9-13(12-19)11-18-4/h5-8,13,18H,9-12H2,1-4H3. The Hall–Kier alpha value is -1.35. The van der Waals surface area contributed by atoms with Gasteiger partial charge in [-0.15, -0.1) is 0 Å². The zero-order chi connectivity index (χ0) is 14.8. The normalized spacial score (nSPS) is 19.4. The molecule has 0 aromatic heterocycles. The van der Waals surface area contributed by atoms with Gasteiger partial charge in [0.05, 0.1) is 0 Å². The highest BCUT2D eigenvalue weighted by Crippen LogP contribution is 2.28. The van der Waals surface area contributed by atoms with Crippen LogP contribution in [0.5, 0.6) is 0 Å². The average Bonchev–Trinajstić information content (AvgIpc) is 2.86. The van der Waals surface area contributed by atoms with Gasteiger partial charge >= 0.3 is 0 Å². The minimum absolute atomic E-state index is 0.00362. The minimum Gasteiger partial charge on any atom is -0.338 e. The van der Waals surface area contributed by atoms with Gasteiger partial charge in [-0.05, 0) is 43.0 Å². The van der Waals surface area contributed by atoms with Gasteiger partial charge in [-0.1, -0.05) is 39.0 Å². The van der Waals surface area contributed by atoms with E-state index in [1.807, 2.05) is 30.1 Å². The van der Waals surface area contributed by atoms with Gasteiger partial charge < -0.3 is 10.2 Å². The molecule has 3 heteroatoms. The third-order valence-electron chi connectivity index (χ3n) is 4.03. The Bertz CT molecular complexity index is 476. The molecule has 0 spiro atoms. The van der Waals surface area contributed by atoms with Gasteiger partial charge in [-0.2, -0.15) is 0 Å². The third kappa shape index (κ3) is 3.21. The predicted molar refractivity (Wildman–Crippen MR) is 83.1 cm³/mol. The summed E-state index contributed by atoms with van der Waals surface area (Å²) in [5.41, 5.74) is 2.00. The number of benzene rings is 1. The molecule has 1 aromatic rings. The summed E-state index contributed by atoms with van der Waals surface area (Å²) in [5.74, 6) is 0.778. The topological polar surface area (TPSA) is 32.3 Å². The average molecular weight is 274 g/mol. The number of nitrogens with one attached hydrogen (secondary N) is 1. The minimum atomic E-state index is -0.00362. The van der Waals surface area contributed by atoms with Crippen LogP contribution in [0.2, 0.25) is 0 Å². The van der Waals surface area contributed by atoms with Crippen molar-refractivity contribution < 1.29 is 4.79 Å². The Morgan fingerprint density at radius 2 is 2.05 bits per heavy atom. The Labute approximate surface area is 122 Å². The van der Waals surface area contributed by atoms with Crippen LogP contribution >= 0.6 is 0 Å². The van der Waals surface area contributed by atoms with E-state index in [-0.39, 0.29) is 11.3 Å². The predicted octanol–water partition coefficient (Wildman–Crippen LogP) is 2.67. The molecule has 0 aliphatic carbocycles. The number of likely N-dealkylation sites (tertiary alicyclic amines) is 1. The van der Waals surface area contributed by atoms with Gasteiger partial charge in [-0.3, -0.25) is 4.79 Å². The highest BCUT2D eigenvalue weighted by Gasteiger charge is 2.29. The lowest BCUT2D eigenvalue weighted by Gasteiger charge is -2.25. The molecule has 3 nitrogen and oxygen atoms in total. The lowest BCUT2D eigenvalue weighted by molar-refractivity contribution is 0.0784. The van der Waals surface area contributed by atoms with Crippen molar-refractivity contribution in [2.45, 2.75) is 32.6 Å². The van der Waals surface area contributed by atoms with E-state index in [1.165, 1.54) is 0 Å². The summed E-state index contributed by atoms with van der Waals surface area (Å²) in [6.45, 7) is 9.22. The maximum atomic E-state index is 12.8. The first-order valence-corrected chi connectivity index (χ1v) is 7.47. The largest absolute Gasteiger partial charge is 0.338 e. The maximum Gasteiger partial charge on any atom is 0.254 e. The summed E-state index contributed by atoms with van der Waals surface area (Å²) >= 11 is 0. The first-order chi connectivity index (χ1) is 9.43. The summed E-state index contributed by atoms with van der Waals surface area (Å²) in [7, 11) is 1.97. The number of hydrogen-bond donors (Lipinski definition) is 1. The molecule has 1 aliphatic rings. The molecule has 1 aromatic carbocycles. The maximum absolute atomic E-state index is 12.8. The molecule has 0 saturated carbocycles. The second-order valence-corrected chi connectivity index (χ2v) is 6.76. The zero-order valence-electron chi connectivity index (χ0n) is 13.1. The molecule has 1 N–H and O–H groups in total. The molecule has 1 atom stereocenters. The van der Waals surface area contributed by atoms with Crippen LogP contribution in [0.25, 0.3) is 0 Å². The summed E-state index contributed by atoms with van der Waals surface area (Å²) in [5, 5.41) is 3.21.